The second-order valence-electron chi connectivity index (χ2n) is 2.01. The van der Waals surface area contributed by atoms with E-state index >= 15 is 0 Å². The molecule has 0 radical (unpaired) electrons. The van der Waals surface area contributed by atoms with Crippen LogP contribution in [0.3, 0.4) is 0 Å². The molecular weight excluding hydrogens is 124 g/mol. The van der Waals surface area contributed by atoms with Crippen molar-refractivity contribution in [1.29, 1.82) is 0 Å². The molecule has 1 rings (SSSR count). The third-order valence-electron chi connectivity index (χ3n) is 1.24. The summed E-state index contributed by atoms with van der Waals surface area (Å²) in [4.78, 5) is 3.99. The van der Waals surface area contributed by atoms with Crippen LogP contribution in [0.2, 0.25) is 0 Å². The van der Waals surface area contributed by atoms with Gasteiger partial charge in [0.15, 0.2) is 0 Å². The second kappa shape index (κ2) is 3.01. The first-order chi connectivity index (χ1) is 4.83. The van der Waals surface area contributed by atoms with Gasteiger partial charge in [-0.3, -0.25) is 4.99 Å². The van der Waals surface area contributed by atoms with Crippen LogP contribution in [0.1, 0.15) is 0 Å². The molecule has 0 unspecified atom stereocenters. The van der Waals surface area contributed by atoms with Gasteiger partial charge in [-0.15, -0.1) is 0 Å². The fourth-order valence-electron chi connectivity index (χ4n) is 0.727. The largest absolute Gasteiger partial charge is 0.399 e. The lowest BCUT2D eigenvalue weighted by atomic mass is 10.4. The van der Waals surface area contributed by atoms with Crippen molar-refractivity contribution < 1.29 is 0 Å². The molecule has 0 aromatic heterocycles. The fourth-order valence-corrected chi connectivity index (χ4v) is 0.727. The second-order valence-corrected chi connectivity index (χ2v) is 2.01. The molecule has 10 heavy (non-hydrogen) atoms. The first-order valence-corrected chi connectivity index (χ1v) is 3.11. The van der Waals surface area contributed by atoms with E-state index in [0.717, 1.165) is 11.0 Å². The highest BCUT2D eigenvalue weighted by molar-refractivity contribution is 5.34. The minimum atomic E-state index is 0.741. The monoisotopic (exact) mass is 134 g/mol. The molecule has 1 aromatic carbocycles. The van der Waals surface area contributed by atoms with Gasteiger partial charge in [0.1, 0.15) is 0 Å². The summed E-state index contributed by atoms with van der Waals surface area (Å²) in [6.07, 6.45) is 0. The number of nitrogens with zero attached hydrogens (tertiary/aromatic N) is 1. The van der Waals surface area contributed by atoms with Gasteiger partial charge in [0.25, 0.3) is 0 Å². The summed E-state index contributed by atoms with van der Waals surface area (Å²) >= 11 is 0. The molecule has 0 atom stereocenters. The molecule has 0 amide bonds. The van der Waals surface area contributed by atoms with Crippen molar-refractivity contribution in [2.75, 3.05) is 12.8 Å². The van der Waals surface area contributed by atoms with Gasteiger partial charge in [-0.1, -0.05) is 12.1 Å². The summed E-state index contributed by atoms with van der Waals surface area (Å²) in [6, 6.07) is 9.40. The van der Waals surface area contributed by atoms with Crippen LogP contribution >= 0.6 is 0 Å². The summed E-state index contributed by atoms with van der Waals surface area (Å²) in [5.74, 6) is 0. The lowest BCUT2D eigenvalue weighted by Crippen LogP contribution is -1.96. The van der Waals surface area contributed by atoms with Crippen LogP contribution < -0.4 is 11.1 Å². The van der Waals surface area contributed by atoms with Crippen LogP contribution in [0, 0.1) is 0 Å². The molecule has 0 heterocycles. The van der Waals surface area contributed by atoms with Crippen LogP contribution in [0.4, 0.5) is 5.69 Å². The van der Waals surface area contributed by atoms with E-state index in [4.69, 9.17) is 5.73 Å². The van der Waals surface area contributed by atoms with Gasteiger partial charge in [-0.05, 0) is 18.2 Å². The molecule has 0 saturated carbocycles. The van der Waals surface area contributed by atoms with E-state index < -0.39 is 0 Å². The SMILES string of the molecule is CN=c1ccccc(N)c1. The van der Waals surface area contributed by atoms with Gasteiger partial charge in [0.2, 0.25) is 0 Å². The molecule has 0 spiro atoms. The average molecular weight is 134 g/mol. The van der Waals surface area contributed by atoms with E-state index in [9.17, 15) is 0 Å². The highest BCUT2D eigenvalue weighted by atomic mass is 14.6. The third kappa shape index (κ3) is 1.58. The summed E-state index contributed by atoms with van der Waals surface area (Å²) in [7, 11) is 1.74. The molecule has 0 saturated heterocycles. The summed E-state index contributed by atoms with van der Waals surface area (Å²) < 4.78 is 0. The van der Waals surface area contributed by atoms with Crippen LogP contribution in [0.5, 0.6) is 0 Å². The summed E-state index contributed by atoms with van der Waals surface area (Å²) in [5.41, 5.74) is 6.30. The Balaban J connectivity index is 3.37. The fraction of sp³-hybridized carbons (Fsp3) is 0.125. The van der Waals surface area contributed by atoms with Crippen LogP contribution in [0.15, 0.2) is 35.3 Å². The molecular formula is C8H10N2. The Bertz CT molecular complexity index is 278. The van der Waals surface area contributed by atoms with Gasteiger partial charge < -0.3 is 5.73 Å². The van der Waals surface area contributed by atoms with E-state index in [1.807, 2.05) is 30.3 Å². The number of hydrogen-bond acceptors (Lipinski definition) is 2. The molecule has 0 aliphatic rings. The molecule has 2 N–H and O–H groups in total. The Morgan fingerprint density at radius 3 is 2.70 bits per heavy atom. The summed E-state index contributed by atoms with van der Waals surface area (Å²) in [6.45, 7) is 0. The normalized spacial score (nSPS) is 11.5. The van der Waals surface area contributed by atoms with Crippen molar-refractivity contribution in [3.63, 3.8) is 0 Å². The van der Waals surface area contributed by atoms with Gasteiger partial charge in [0.05, 0.1) is 5.36 Å². The molecule has 0 aliphatic carbocycles. The Morgan fingerprint density at radius 1 is 1.30 bits per heavy atom. The number of nitrogen functional groups attached to an aromatic ring is 1. The number of hydrogen-bond donors (Lipinski definition) is 1. The number of nitrogens with two attached hydrogens (primary N) is 1. The Morgan fingerprint density at radius 2 is 2.00 bits per heavy atom. The third-order valence-corrected chi connectivity index (χ3v) is 1.24. The van der Waals surface area contributed by atoms with Crippen LogP contribution in [-0.2, 0) is 0 Å². The zero-order valence-corrected chi connectivity index (χ0v) is 5.91. The van der Waals surface area contributed by atoms with Crippen molar-refractivity contribution in [2.45, 2.75) is 0 Å². The Hall–Kier alpha value is -1.31. The van der Waals surface area contributed by atoms with Crippen LogP contribution in [0.25, 0.3) is 0 Å². The standard InChI is InChI=1S/C8H10N2/c1-10-8-5-3-2-4-7(9)6-8/h2-6H,9H2,1H3. The highest BCUT2D eigenvalue weighted by Gasteiger charge is 1.78. The first kappa shape index (κ1) is 6.81. The molecule has 0 aliphatic heterocycles. The van der Waals surface area contributed by atoms with Crippen LogP contribution in [-0.4, -0.2) is 7.05 Å². The van der Waals surface area contributed by atoms with E-state index in [1.54, 1.807) is 7.05 Å². The smallest absolute Gasteiger partial charge is 0.0591 e. The molecule has 1 aromatic rings. The number of anilines is 1. The maximum atomic E-state index is 5.55. The van der Waals surface area contributed by atoms with Crippen molar-refractivity contribution in [3.8, 4) is 0 Å². The maximum absolute atomic E-state index is 5.55. The lowest BCUT2D eigenvalue weighted by Gasteiger charge is -1.79. The topological polar surface area (TPSA) is 38.4 Å². The molecule has 0 bridgehead atoms. The van der Waals surface area contributed by atoms with Gasteiger partial charge in [-0.2, -0.15) is 0 Å². The van der Waals surface area contributed by atoms with E-state index in [2.05, 4.69) is 4.99 Å². The van der Waals surface area contributed by atoms with Crippen molar-refractivity contribution in [3.05, 3.63) is 35.7 Å². The Kier molecular flexibility index (Phi) is 2.05. The van der Waals surface area contributed by atoms with Crippen molar-refractivity contribution >= 4 is 5.69 Å². The summed E-state index contributed by atoms with van der Waals surface area (Å²) in [5, 5.41) is 0.905. The molecule has 2 nitrogen and oxygen atoms in total. The first-order valence-electron chi connectivity index (χ1n) is 3.11. The van der Waals surface area contributed by atoms with Gasteiger partial charge >= 0.3 is 0 Å². The number of rotatable bonds is 0. The molecule has 52 valence electrons. The lowest BCUT2D eigenvalue weighted by molar-refractivity contribution is 1.28. The zero-order chi connectivity index (χ0) is 7.40. The van der Waals surface area contributed by atoms with Gasteiger partial charge in [0, 0.05) is 12.7 Å². The van der Waals surface area contributed by atoms with E-state index in [0.29, 0.717) is 0 Å². The predicted molar refractivity (Wildman–Crippen MR) is 42.3 cm³/mol. The molecule has 2 heteroatoms. The zero-order valence-electron chi connectivity index (χ0n) is 5.91. The molecule has 0 fully saturated rings. The highest BCUT2D eigenvalue weighted by Crippen LogP contribution is 1.91. The Labute approximate surface area is 60.0 Å². The quantitative estimate of drug-likeness (QED) is 0.560. The van der Waals surface area contributed by atoms with E-state index in [1.165, 1.54) is 0 Å². The predicted octanol–water partition coefficient (Wildman–Crippen LogP) is 0.799. The maximum Gasteiger partial charge on any atom is 0.0591 e. The van der Waals surface area contributed by atoms with Gasteiger partial charge in [-0.25, -0.2) is 0 Å². The van der Waals surface area contributed by atoms with E-state index in [-0.39, 0.29) is 0 Å². The minimum Gasteiger partial charge on any atom is -0.399 e. The minimum absolute atomic E-state index is 0.741. The van der Waals surface area contributed by atoms with Crippen molar-refractivity contribution in [2.24, 2.45) is 4.99 Å². The average Bonchev–Trinajstić information content (AvgIpc) is 2.13. The van der Waals surface area contributed by atoms with Crippen molar-refractivity contribution in [1.82, 2.24) is 0 Å².